The van der Waals surface area contributed by atoms with Crippen LogP contribution in [0.25, 0.3) is 0 Å². The Morgan fingerprint density at radius 3 is 1.73 bits per heavy atom. The Balaban J connectivity index is 0.000000490. The van der Waals surface area contributed by atoms with Crippen LogP contribution >= 0.6 is 7.92 Å². The van der Waals surface area contributed by atoms with E-state index in [0.29, 0.717) is 6.04 Å². The van der Waals surface area contributed by atoms with E-state index in [2.05, 4.69) is 122 Å². The molecule has 0 amide bonds. The largest absolute Gasteiger partial charge is 2.00 e. The fourth-order valence-corrected chi connectivity index (χ4v) is 6.29. The van der Waals surface area contributed by atoms with E-state index in [1.54, 1.807) is 0 Å². The van der Waals surface area contributed by atoms with Gasteiger partial charge in [-0.25, -0.2) is 9.13 Å². The minimum absolute atomic E-state index is 0. The van der Waals surface area contributed by atoms with Crippen molar-refractivity contribution in [1.82, 2.24) is 4.57 Å². The average Bonchev–Trinajstić information content (AvgIpc) is 3.59. The van der Waals surface area contributed by atoms with Crippen LogP contribution in [0.3, 0.4) is 0 Å². The van der Waals surface area contributed by atoms with Crippen LogP contribution in [0.5, 0.6) is 0 Å². The third kappa shape index (κ3) is 7.66. The Morgan fingerprint density at radius 2 is 1.27 bits per heavy atom. The summed E-state index contributed by atoms with van der Waals surface area (Å²) >= 11 is 0. The standard InChI is InChI=1S/C23H23N2P.C5H5.Fe.HI/c1-19(25-17-16-24(2)18-25)22-14-9-15-23(22)26(20-10-5-3-6-11-20)21-12-7-4-8-13-21;1-2-4-5-3-1;;/h3-19H,1-2H3;1-5H;;1H/q+1;;+2;/p-1/t19-;;;/m1.../s1. The van der Waals surface area contributed by atoms with Gasteiger partial charge in [0.1, 0.15) is 18.4 Å². The molecule has 1 aromatic heterocycles. The van der Waals surface area contributed by atoms with Gasteiger partial charge in [0.25, 0.3) is 0 Å². The van der Waals surface area contributed by atoms with Crippen LogP contribution in [0.4, 0.5) is 0 Å². The van der Waals surface area contributed by atoms with Crippen molar-refractivity contribution in [3.8, 4) is 0 Å². The van der Waals surface area contributed by atoms with E-state index >= 15 is 0 Å². The van der Waals surface area contributed by atoms with Crippen molar-refractivity contribution in [3.05, 3.63) is 142 Å². The Kier molecular flexibility index (Phi) is 12.7. The summed E-state index contributed by atoms with van der Waals surface area (Å²) in [4.78, 5) is 0. The molecular weight excluding hydrogens is 578 g/mol. The quantitative estimate of drug-likeness (QED) is 0.181. The molecule has 10 radical (unpaired) electrons. The number of aryl methyl sites for hydroxylation is 1. The second-order valence-corrected chi connectivity index (χ2v) is 9.72. The molecule has 1 atom stereocenters. The molecule has 5 rings (SSSR count). The van der Waals surface area contributed by atoms with Gasteiger partial charge in [0.2, 0.25) is 6.33 Å². The summed E-state index contributed by atoms with van der Waals surface area (Å²) < 4.78 is 4.37. The van der Waals surface area contributed by atoms with E-state index in [0.717, 1.165) is 0 Å². The number of aromatic nitrogens is 2. The van der Waals surface area contributed by atoms with Crippen LogP contribution in [0, 0.1) is 62.9 Å². The number of hydrogen-bond donors (Lipinski definition) is 0. The zero-order valence-electron chi connectivity index (χ0n) is 18.8. The molecule has 0 aliphatic heterocycles. The Bertz CT molecular complexity index is 867. The van der Waals surface area contributed by atoms with E-state index < -0.39 is 7.92 Å². The molecular formula is C28H28FeIN2P+2. The topological polar surface area (TPSA) is 8.81 Å². The molecule has 0 unspecified atom stereocenters. The number of hydrogen-bond acceptors (Lipinski definition) is 0. The van der Waals surface area contributed by atoms with Crippen molar-refractivity contribution in [2.24, 2.45) is 7.05 Å². The molecule has 168 valence electrons. The van der Waals surface area contributed by atoms with Crippen molar-refractivity contribution in [1.29, 1.82) is 0 Å². The summed E-state index contributed by atoms with van der Waals surface area (Å²) in [6.07, 6.45) is 23.2. The first kappa shape index (κ1) is 28.6. The summed E-state index contributed by atoms with van der Waals surface area (Å²) in [7, 11) is 1.50. The molecule has 33 heavy (non-hydrogen) atoms. The van der Waals surface area contributed by atoms with Crippen molar-refractivity contribution in [3.63, 3.8) is 0 Å². The second kappa shape index (κ2) is 14.7. The molecule has 2 fully saturated rings. The van der Waals surface area contributed by atoms with Crippen LogP contribution in [-0.4, -0.2) is 4.57 Å². The van der Waals surface area contributed by atoms with Gasteiger partial charge in [-0.2, -0.15) is 0 Å². The molecule has 2 aliphatic carbocycles. The molecule has 2 aromatic carbocycles. The molecule has 1 heterocycles. The third-order valence-corrected chi connectivity index (χ3v) is 7.86. The Morgan fingerprint density at radius 1 is 0.758 bits per heavy atom. The van der Waals surface area contributed by atoms with E-state index in [4.69, 9.17) is 0 Å². The fourth-order valence-electron chi connectivity index (χ4n) is 3.74. The molecule has 0 saturated heterocycles. The average molecular weight is 606 g/mol. The van der Waals surface area contributed by atoms with Crippen LogP contribution in [0.2, 0.25) is 0 Å². The molecule has 2 aliphatic rings. The number of rotatable bonds is 5. The molecule has 2 nitrogen and oxygen atoms in total. The summed E-state index contributed by atoms with van der Waals surface area (Å²) in [5, 5.41) is 2.79. The number of halogens is 1. The summed E-state index contributed by atoms with van der Waals surface area (Å²) in [6.45, 7) is 2.28. The Labute approximate surface area is 229 Å². The summed E-state index contributed by atoms with van der Waals surface area (Å²) in [6, 6.07) is 22.1. The summed E-state index contributed by atoms with van der Waals surface area (Å²) in [5.41, 5.74) is 1.45. The van der Waals surface area contributed by atoms with Gasteiger partial charge in [-0.3, -0.25) is 0 Å². The van der Waals surface area contributed by atoms with Gasteiger partial charge >= 0.3 is 17.1 Å². The SMILES string of the molecule is C[C@H]([C]1[CH][CH][CH][C]1P(c1ccccc1)c1ccccc1)n1cc[n+](C)c1.[CH]1[CH][CH][CH][CH]1.[Fe+2].[I-]. The van der Waals surface area contributed by atoms with Crippen LogP contribution in [-0.2, 0) is 24.1 Å². The van der Waals surface area contributed by atoms with E-state index in [9.17, 15) is 0 Å². The van der Waals surface area contributed by atoms with Gasteiger partial charge < -0.3 is 24.0 Å². The third-order valence-electron chi connectivity index (χ3n) is 5.34. The maximum Gasteiger partial charge on any atom is 2.00 e. The number of benzene rings is 2. The minimum atomic E-state index is -0.566. The van der Waals surface area contributed by atoms with E-state index in [1.807, 2.05) is 32.1 Å². The van der Waals surface area contributed by atoms with E-state index in [1.165, 1.54) is 22.2 Å². The molecule has 0 N–H and O–H groups in total. The molecule has 5 heteroatoms. The van der Waals surface area contributed by atoms with Gasteiger partial charge in [-0.1, -0.05) is 60.7 Å². The fraction of sp³-hybridized carbons (Fsp3) is 0.107. The van der Waals surface area contributed by atoms with Crippen LogP contribution in [0.15, 0.2) is 79.4 Å². The molecule has 0 bridgehead atoms. The van der Waals surface area contributed by atoms with Crippen molar-refractivity contribution in [2.75, 3.05) is 0 Å². The minimum Gasteiger partial charge on any atom is -1.00 e. The van der Waals surface area contributed by atoms with Crippen molar-refractivity contribution >= 4 is 18.5 Å². The number of imidazole rings is 1. The predicted molar refractivity (Wildman–Crippen MR) is 130 cm³/mol. The smallest absolute Gasteiger partial charge is 1.00 e. The predicted octanol–water partition coefficient (Wildman–Crippen LogP) is 1.76. The van der Waals surface area contributed by atoms with E-state index in [-0.39, 0.29) is 41.0 Å². The Hall–Kier alpha value is -0.671. The van der Waals surface area contributed by atoms with Crippen LogP contribution < -0.4 is 39.2 Å². The maximum absolute atomic E-state index is 2.31. The normalized spacial score (nSPS) is 17.1. The second-order valence-electron chi connectivity index (χ2n) is 7.54. The van der Waals surface area contributed by atoms with Gasteiger partial charge in [0.05, 0.1) is 7.05 Å². The summed E-state index contributed by atoms with van der Waals surface area (Å²) in [5.74, 6) is 1.40. The first-order valence-electron chi connectivity index (χ1n) is 10.6. The zero-order chi connectivity index (χ0) is 21.5. The van der Waals surface area contributed by atoms with Crippen molar-refractivity contribution in [2.45, 2.75) is 13.0 Å². The number of nitrogens with zero attached hydrogens (tertiary/aromatic N) is 2. The molecule has 3 aromatic rings. The first-order chi connectivity index (χ1) is 15.2. The van der Waals surface area contributed by atoms with Gasteiger partial charge in [0, 0.05) is 11.6 Å². The van der Waals surface area contributed by atoms with Gasteiger partial charge in [-0.15, -0.1) is 0 Å². The molecule has 2 saturated carbocycles. The van der Waals surface area contributed by atoms with Gasteiger partial charge in [-0.05, 0) is 76.8 Å². The maximum atomic E-state index is 2.31. The van der Waals surface area contributed by atoms with Gasteiger partial charge in [0.15, 0.2) is 0 Å². The van der Waals surface area contributed by atoms with Crippen LogP contribution in [0.1, 0.15) is 13.0 Å². The van der Waals surface area contributed by atoms with Crippen molar-refractivity contribution < 1.29 is 45.6 Å². The first-order valence-corrected chi connectivity index (χ1v) is 11.9. The monoisotopic (exact) mass is 606 g/mol. The molecule has 0 spiro atoms. The zero-order valence-corrected chi connectivity index (χ0v) is 22.9.